The number of pyridine rings is 1. The van der Waals surface area contributed by atoms with Crippen LogP contribution in [0.5, 0.6) is 5.75 Å². The number of halogens is 3. The molecule has 0 saturated carbocycles. The number of nitrogens with one attached hydrogen (secondary N) is 1. The van der Waals surface area contributed by atoms with Crippen molar-refractivity contribution in [3.8, 4) is 17.0 Å². The number of aromatic carboxylic acids is 1. The Balaban J connectivity index is 0.000000594. The quantitative estimate of drug-likeness (QED) is 0.0421. The number of rotatable bonds is 10. The van der Waals surface area contributed by atoms with E-state index < -0.39 is 29.5 Å². The molecule has 5 aromatic carbocycles. The number of allylic oxidation sites excluding steroid dienone is 2. The van der Waals surface area contributed by atoms with E-state index in [4.69, 9.17) is 39.1 Å². The number of H-pyrrole nitrogens is 1. The van der Waals surface area contributed by atoms with Crippen LogP contribution in [-0.4, -0.2) is 104 Å². The molecule has 4 aromatic heterocycles. The molecule has 11 rings (SSSR count). The molecule has 8 N–H and O–H groups in total. The average Bonchev–Trinajstić information content (AvgIpc) is 1.77. The van der Waals surface area contributed by atoms with Crippen LogP contribution >= 0.6 is 59.9 Å². The van der Waals surface area contributed by atoms with Gasteiger partial charge in [0.05, 0.1) is 29.8 Å². The number of aromatic nitrogens is 5. The Morgan fingerprint density at radius 3 is 1.29 bits per heavy atom. The number of aromatic amines is 1. The van der Waals surface area contributed by atoms with Crippen LogP contribution in [0, 0.1) is 6.92 Å². The zero-order chi connectivity index (χ0) is 76.4. The molecular formula is C77H92I3N6O16V. The summed E-state index contributed by atoms with van der Waals surface area (Å²) in [5, 5.41) is 32.9. The van der Waals surface area contributed by atoms with Gasteiger partial charge in [-0.3, -0.25) is 32.9 Å². The minimum atomic E-state index is -1.02. The number of cyclic esters (lactones) is 2. The van der Waals surface area contributed by atoms with Crippen LogP contribution in [-0.2, 0) is 63.9 Å². The first-order valence-electron chi connectivity index (χ1n) is 32.0. The number of hydrogen-bond acceptors (Lipinski definition) is 16. The Hall–Kier alpha value is -8.72. The molecule has 0 saturated heterocycles. The number of carbonyl (C=O) groups is 7. The van der Waals surface area contributed by atoms with Gasteiger partial charge in [-0.1, -0.05) is 136 Å². The summed E-state index contributed by atoms with van der Waals surface area (Å²) in [5.74, 6) is -3.54. The van der Waals surface area contributed by atoms with Crippen LogP contribution in [0.15, 0.2) is 236 Å². The molecule has 22 nitrogen and oxygen atoms in total. The predicted octanol–water partition coefficient (Wildman–Crippen LogP) is 17.3. The standard InChI is InChI=1S/C16H18O4.C13H13NO2.C12H12N2O.C9H8N2O.C9H10O2.C7H10O3.C7H8.C2H4O2.C2H6O.3HI.H3N.V/c1-4-11-5-7-12(8-6-11)14(17)9-13-10-15(18)20-16(2,3)19-13;1-2-9-3-5-10(6-4-9)12-7-11(15)8-13(16)14-12;1-2-10-3-5-11(6-4-10)12(15)14-8-7-13-9-14;12-9(10-5-1-2-6-10)11-7-3-4-8-11;1-2-7-3-5-8(6-4-7)9(10)11;1-5-4-6(8)10-7(2,3)9-5;1-7-5-3-2-4-6-7;1-2(3)4;1-2-3;;;;;/h5-8,10H,4,9H2,1-3H3;3-8H,2H2,1H3,(H2,14,15,16);3-9H,2H2,1H3;1-8H;3-6H,2H2,1H3,(H,10,11);4H,1-3H3;2-6H,1H3;1H3,(H,3,4);3H,2H2,1H3;3*1H;1H3;/q;;;;;;;;;;;;;+3/p-3. The van der Waals surface area contributed by atoms with Gasteiger partial charge in [-0.15, -0.1) is 0 Å². The van der Waals surface area contributed by atoms with Crippen LogP contribution in [0.1, 0.15) is 141 Å². The van der Waals surface area contributed by atoms with Crippen LogP contribution in [0.25, 0.3) is 11.3 Å². The molecule has 0 amide bonds. The maximum absolute atomic E-state index is 12.2. The maximum atomic E-state index is 12.2. The third-order valence-corrected chi connectivity index (χ3v) is 13.1. The van der Waals surface area contributed by atoms with Crippen molar-refractivity contribution in [2.45, 2.75) is 127 Å². The number of benzene rings is 5. The zero-order valence-electron chi connectivity index (χ0n) is 59.8. The molecule has 103 heavy (non-hydrogen) atoms. The summed E-state index contributed by atoms with van der Waals surface area (Å²) in [7, 11) is 0. The molecule has 0 aliphatic carbocycles. The SMILES string of the molecule is CC(=O)O.CC1=CC(=O)OC(C)(C)O1.CCO.CCc1ccc(-c2cc(O)cc(=O)[nH]2)cc1.CCc1ccc(C(=O)CC2=CC(=O)OC(C)(C)O2)cc1.CCc1ccc(C(=O)O)cc1.CCc1ccc(C(=O)n2ccnc2)cc1.Cc1ccccc1.N.O=C(n1cccc1)n1cccc1.[I][V]([I])[I]. The molecule has 2 aliphatic heterocycles. The van der Waals surface area contributed by atoms with Crippen LogP contribution in [0.4, 0.5) is 4.79 Å². The third-order valence-electron chi connectivity index (χ3n) is 13.1. The van der Waals surface area contributed by atoms with E-state index >= 15 is 0 Å². The van der Waals surface area contributed by atoms with E-state index in [0.717, 1.165) is 49.8 Å². The number of imidazole rings is 1. The van der Waals surface area contributed by atoms with E-state index in [1.54, 1.807) is 109 Å². The second kappa shape index (κ2) is 49.8. The molecule has 0 radical (unpaired) electrons. The molecule has 0 spiro atoms. The van der Waals surface area contributed by atoms with Gasteiger partial charge in [-0.25, -0.2) is 24.2 Å². The second-order valence-electron chi connectivity index (χ2n) is 22.4. The first-order chi connectivity index (χ1) is 48.3. The third kappa shape index (κ3) is 39.5. The van der Waals surface area contributed by atoms with Gasteiger partial charge in [0.2, 0.25) is 11.6 Å². The Morgan fingerprint density at radius 2 is 0.942 bits per heavy atom. The predicted molar refractivity (Wildman–Crippen MR) is 423 cm³/mol. The number of aliphatic hydroxyl groups excluding tert-OH is 1. The molecule has 0 fully saturated rings. The Kier molecular flexibility index (Phi) is 44.6. The first-order valence-corrected chi connectivity index (χ1v) is 45.5. The number of carboxylic acid groups (broad SMARTS) is 2. The van der Waals surface area contributed by atoms with Crippen molar-refractivity contribution in [1.82, 2.24) is 29.8 Å². The first kappa shape index (κ1) is 92.3. The minimum absolute atomic E-state index is 0. The molecule has 26 heteroatoms. The molecule has 2 aliphatic rings. The Morgan fingerprint density at radius 1 is 0.544 bits per heavy atom. The van der Waals surface area contributed by atoms with E-state index in [2.05, 4.69) is 110 Å². The topological polar surface area (TPSA) is 333 Å². The molecule has 6 heterocycles. The number of Topliss-reactive ketones (excluding diaryl/α,β-unsaturated/α-hetero) is 1. The summed E-state index contributed by atoms with van der Waals surface area (Å²) in [6.45, 7) is 21.8. The van der Waals surface area contributed by atoms with Gasteiger partial charge < -0.3 is 50.5 Å². The number of ether oxygens (including phenoxy) is 4. The second-order valence-corrected chi connectivity index (χ2v) is 57.7. The normalized spacial score (nSPS) is 12.1. The number of carbonyl (C=O) groups excluding carboxylic acids is 5. The summed E-state index contributed by atoms with van der Waals surface area (Å²) >= 11 is 7.39. The van der Waals surface area contributed by atoms with Gasteiger partial charge in [-0.05, 0) is 123 Å². The summed E-state index contributed by atoms with van der Waals surface area (Å²) in [6, 6.07) is 50.1. The van der Waals surface area contributed by atoms with E-state index in [1.165, 1.54) is 54.4 Å². The number of aryl methyl sites for hydroxylation is 5. The summed E-state index contributed by atoms with van der Waals surface area (Å²) in [6.07, 6.45) is 18.1. The van der Waals surface area contributed by atoms with Crippen molar-refractivity contribution in [1.29, 1.82) is 0 Å². The number of aliphatic hydroxyl groups is 1. The van der Waals surface area contributed by atoms with Gasteiger partial charge in [-0.2, -0.15) is 0 Å². The molecular weight excluding hydrogens is 1700 g/mol. The van der Waals surface area contributed by atoms with Crippen LogP contribution in [0.2, 0.25) is 0 Å². The Bertz CT molecular complexity index is 4050. The summed E-state index contributed by atoms with van der Waals surface area (Å²) in [4.78, 5) is 94.4. The van der Waals surface area contributed by atoms with E-state index in [9.17, 15) is 38.7 Å². The number of aliphatic carboxylic acids is 1. The van der Waals surface area contributed by atoms with E-state index in [-0.39, 0.29) is 59.1 Å². The summed E-state index contributed by atoms with van der Waals surface area (Å²) in [5.41, 5.74) is 9.02. The number of hydrogen-bond donors (Lipinski definition) is 6. The van der Waals surface area contributed by atoms with E-state index in [1.807, 2.05) is 122 Å². The Labute approximate surface area is 639 Å². The fourth-order valence-corrected chi connectivity index (χ4v) is 8.41. The van der Waals surface area contributed by atoms with Crippen LogP contribution in [0.3, 0.4) is 0 Å². The van der Waals surface area contributed by atoms with Gasteiger partial charge in [0.1, 0.15) is 23.6 Å². The number of ketones is 1. The monoisotopic (exact) mass is 1790 g/mol. The summed E-state index contributed by atoms with van der Waals surface area (Å²) < 4.78 is 24.9. The molecule has 9 aromatic rings. The van der Waals surface area contributed by atoms with Crippen molar-refractivity contribution < 1.29 is 77.9 Å². The van der Waals surface area contributed by atoms with Gasteiger partial charge in [0, 0.05) is 102 Å². The van der Waals surface area contributed by atoms with Crippen molar-refractivity contribution in [3.63, 3.8) is 0 Å². The van der Waals surface area contributed by atoms with Crippen molar-refractivity contribution in [3.05, 3.63) is 286 Å². The van der Waals surface area contributed by atoms with Gasteiger partial charge in [0.15, 0.2) is 5.78 Å². The van der Waals surface area contributed by atoms with Gasteiger partial charge in [0.25, 0.3) is 17.4 Å². The zero-order valence-corrected chi connectivity index (χ0v) is 67.7. The van der Waals surface area contributed by atoms with Crippen LogP contribution < -0.4 is 11.7 Å². The number of nitrogens with zero attached hydrogens (tertiary/aromatic N) is 4. The molecule has 0 bridgehead atoms. The van der Waals surface area contributed by atoms with Crippen molar-refractivity contribution >= 4 is 102 Å². The molecule has 0 unspecified atom stereocenters. The molecule has 552 valence electrons. The van der Waals surface area contributed by atoms with Crippen molar-refractivity contribution in [2.75, 3.05) is 6.61 Å². The van der Waals surface area contributed by atoms with Gasteiger partial charge >= 0.3 is 88.8 Å². The number of aromatic hydroxyl groups is 1. The number of carboxylic acids is 2. The molecule has 0 atom stereocenters. The average molecular weight is 1790 g/mol. The fraction of sp³-hybridized carbons (Fsp3) is 0.260. The number of esters is 2. The van der Waals surface area contributed by atoms with Crippen molar-refractivity contribution in [2.24, 2.45) is 0 Å². The fourth-order valence-electron chi connectivity index (χ4n) is 8.41. The van der Waals surface area contributed by atoms with E-state index in [0.29, 0.717) is 33.9 Å².